The minimum absolute atomic E-state index is 0.711. The lowest BCUT2D eigenvalue weighted by atomic mass is 10.00. The van der Waals surface area contributed by atoms with Gasteiger partial charge in [-0.2, -0.15) is 0 Å². The van der Waals surface area contributed by atoms with Crippen LogP contribution in [0.3, 0.4) is 0 Å². The molecule has 1 aromatic heterocycles. The van der Waals surface area contributed by atoms with Crippen molar-refractivity contribution in [3.8, 4) is 0 Å². The molecule has 0 amide bonds. The molecule has 1 aliphatic rings. The van der Waals surface area contributed by atoms with E-state index in [9.17, 15) is 0 Å². The number of rotatable bonds is 3. The van der Waals surface area contributed by atoms with Crippen molar-refractivity contribution in [3.05, 3.63) is 16.5 Å². The molecular weight excluding hydrogens is 282 g/mol. The third-order valence-electron chi connectivity index (χ3n) is 3.06. The summed E-state index contributed by atoms with van der Waals surface area (Å²) in [7, 11) is 2.09. The molecule has 1 aliphatic heterocycles. The minimum Gasteiger partial charge on any atom is -0.381 e. The van der Waals surface area contributed by atoms with Crippen molar-refractivity contribution in [1.82, 2.24) is 9.97 Å². The summed E-state index contributed by atoms with van der Waals surface area (Å²) in [6, 6.07) is 1.96. The summed E-state index contributed by atoms with van der Waals surface area (Å²) >= 11 is 3.41. The number of aryl methyl sites for hydroxylation is 1. The number of hydrogen-bond acceptors (Lipinski definition) is 4. The smallest absolute Gasteiger partial charge is 0.133 e. The van der Waals surface area contributed by atoms with E-state index in [2.05, 4.69) is 37.8 Å². The average molecular weight is 300 g/mol. The van der Waals surface area contributed by atoms with E-state index in [0.717, 1.165) is 48.8 Å². The normalized spacial score (nSPS) is 17.1. The standard InChI is InChI=1S/C12H18BrN3O/c1-9-14-11(13)7-12(15-9)16(2)8-10-3-5-17-6-4-10/h7,10H,3-6,8H2,1-2H3. The van der Waals surface area contributed by atoms with Gasteiger partial charge in [-0.25, -0.2) is 9.97 Å². The molecule has 0 saturated carbocycles. The third-order valence-corrected chi connectivity index (χ3v) is 3.46. The first-order chi connectivity index (χ1) is 8.15. The molecule has 0 aromatic carbocycles. The maximum Gasteiger partial charge on any atom is 0.133 e. The van der Waals surface area contributed by atoms with Crippen molar-refractivity contribution >= 4 is 21.7 Å². The molecule has 94 valence electrons. The van der Waals surface area contributed by atoms with Gasteiger partial charge < -0.3 is 9.64 Å². The van der Waals surface area contributed by atoms with Crippen molar-refractivity contribution < 1.29 is 4.74 Å². The zero-order valence-electron chi connectivity index (χ0n) is 10.3. The van der Waals surface area contributed by atoms with E-state index in [-0.39, 0.29) is 0 Å². The Labute approximate surface area is 111 Å². The van der Waals surface area contributed by atoms with Crippen LogP contribution in [0.25, 0.3) is 0 Å². The zero-order chi connectivity index (χ0) is 12.3. The predicted molar refractivity (Wildman–Crippen MR) is 71.3 cm³/mol. The van der Waals surface area contributed by atoms with Gasteiger partial charge >= 0.3 is 0 Å². The van der Waals surface area contributed by atoms with Gasteiger partial charge in [0.25, 0.3) is 0 Å². The average Bonchev–Trinajstić information content (AvgIpc) is 2.29. The van der Waals surface area contributed by atoms with Crippen LogP contribution in [0, 0.1) is 12.8 Å². The van der Waals surface area contributed by atoms with E-state index in [4.69, 9.17) is 4.74 Å². The van der Waals surface area contributed by atoms with Crippen LogP contribution in [0.4, 0.5) is 5.82 Å². The Morgan fingerprint density at radius 2 is 2.12 bits per heavy atom. The molecule has 0 N–H and O–H groups in total. The fraction of sp³-hybridized carbons (Fsp3) is 0.667. The van der Waals surface area contributed by atoms with Gasteiger partial charge in [0.15, 0.2) is 0 Å². The molecule has 0 spiro atoms. The molecule has 2 rings (SSSR count). The van der Waals surface area contributed by atoms with Gasteiger partial charge in [-0.1, -0.05) is 0 Å². The number of aromatic nitrogens is 2. The van der Waals surface area contributed by atoms with Gasteiger partial charge in [0.05, 0.1) is 0 Å². The summed E-state index contributed by atoms with van der Waals surface area (Å²) in [5, 5.41) is 0. The van der Waals surface area contributed by atoms with E-state index in [1.54, 1.807) is 0 Å². The zero-order valence-corrected chi connectivity index (χ0v) is 11.9. The second kappa shape index (κ2) is 5.78. The van der Waals surface area contributed by atoms with E-state index < -0.39 is 0 Å². The van der Waals surface area contributed by atoms with Gasteiger partial charge in [-0.3, -0.25) is 0 Å². The number of ether oxygens (including phenoxy) is 1. The Bertz CT molecular complexity index is 360. The molecule has 5 heteroatoms. The molecule has 1 aromatic rings. The number of hydrogen-bond donors (Lipinski definition) is 0. The van der Waals surface area contributed by atoms with Gasteiger partial charge in [-0.05, 0) is 41.6 Å². The van der Waals surface area contributed by atoms with Crippen LogP contribution in [-0.4, -0.2) is 36.8 Å². The number of halogens is 1. The van der Waals surface area contributed by atoms with Gasteiger partial charge in [0.1, 0.15) is 16.2 Å². The van der Waals surface area contributed by atoms with Crippen LogP contribution in [0.15, 0.2) is 10.7 Å². The molecule has 0 radical (unpaired) electrons. The van der Waals surface area contributed by atoms with E-state index >= 15 is 0 Å². The van der Waals surface area contributed by atoms with Gasteiger partial charge in [0, 0.05) is 32.9 Å². The second-order valence-corrected chi connectivity index (χ2v) is 5.34. The summed E-state index contributed by atoms with van der Waals surface area (Å²) in [5.41, 5.74) is 0. The Kier molecular flexibility index (Phi) is 4.34. The van der Waals surface area contributed by atoms with Crippen LogP contribution in [-0.2, 0) is 4.74 Å². The first kappa shape index (κ1) is 12.8. The molecule has 0 bridgehead atoms. The fourth-order valence-corrected chi connectivity index (χ4v) is 2.58. The number of anilines is 1. The lowest BCUT2D eigenvalue weighted by Crippen LogP contribution is -2.30. The first-order valence-electron chi connectivity index (χ1n) is 5.95. The lowest BCUT2D eigenvalue weighted by molar-refractivity contribution is 0.0685. The van der Waals surface area contributed by atoms with Crippen molar-refractivity contribution in [1.29, 1.82) is 0 Å². The fourth-order valence-electron chi connectivity index (χ4n) is 2.12. The second-order valence-electron chi connectivity index (χ2n) is 4.53. The van der Waals surface area contributed by atoms with Crippen molar-refractivity contribution in [2.45, 2.75) is 19.8 Å². The monoisotopic (exact) mass is 299 g/mol. The summed E-state index contributed by atoms with van der Waals surface area (Å²) in [6.45, 7) is 4.73. The molecule has 17 heavy (non-hydrogen) atoms. The summed E-state index contributed by atoms with van der Waals surface area (Å²) < 4.78 is 6.22. The van der Waals surface area contributed by atoms with Crippen molar-refractivity contribution in [2.75, 3.05) is 31.7 Å². The van der Waals surface area contributed by atoms with Gasteiger partial charge in [-0.15, -0.1) is 0 Å². The van der Waals surface area contributed by atoms with Crippen LogP contribution in [0.2, 0.25) is 0 Å². The SMILES string of the molecule is Cc1nc(Br)cc(N(C)CC2CCOCC2)n1. The summed E-state index contributed by atoms with van der Waals surface area (Å²) in [5.74, 6) is 2.49. The molecule has 4 nitrogen and oxygen atoms in total. The third kappa shape index (κ3) is 3.64. The molecule has 1 fully saturated rings. The van der Waals surface area contributed by atoms with E-state index in [0.29, 0.717) is 5.92 Å². The Balaban J connectivity index is 2.00. The summed E-state index contributed by atoms with van der Waals surface area (Å²) in [4.78, 5) is 10.9. The van der Waals surface area contributed by atoms with Crippen molar-refractivity contribution in [3.63, 3.8) is 0 Å². The van der Waals surface area contributed by atoms with Crippen LogP contribution in [0.5, 0.6) is 0 Å². The van der Waals surface area contributed by atoms with Crippen LogP contribution in [0.1, 0.15) is 18.7 Å². The topological polar surface area (TPSA) is 38.2 Å². The molecule has 0 atom stereocenters. The van der Waals surface area contributed by atoms with Gasteiger partial charge in [0.2, 0.25) is 0 Å². The first-order valence-corrected chi connectivity index (χ1v) is 6.74. The van der Waals surface area contributed by atoms with E-state index in [1.165, 1.54) is 0 Å². The van der Waals surface area contributed by atoms with Crippen LogP contribution >= 0.6 is 15.9 Å². The highest BCUT2D eigenvalue weighted by molar-refractivity contribution is 9.10. The number of nitrogens with zero attached hydrogens (tertiary/aromatic N) is 3. The molecular formula is C12H18BrN3O. The molecule has 1 saturated heterocycles. The maximum atomic E-state index is 5.37. The molecule has 2 heterocycles. The maximum absolute atomic E-state index is 5.37. The largest absolute Gasteiger partial charge is 0.381 e. The predicted octanol–water partition coefficient (Wildman–Crippen LogP) is 2.41. The highest BCUT2D eigenvalue weighted by atomic mass is 79.9. The molecule has 0 aliphatic carbocycles. The highest BCUT2D eigenvalue weighted by Gasteiger charge is 2.16. The van der Waals surface area contributed by atoms with E-state index in [1.807, 2.05) is 13.0 Å². The Morgan fingerprint density at radius 3 is 2.76 bits per heavy atom. The Hall–Kier alpha value is -0.680. The van der Waals surface area contributed by atoms with Crippen molar-refractivity contribution in [2.24, 2.45) is 5.92 Å². The highest BCUT2D eigenvalue weighted by Crippen LogP contribution is 2.20. The summed E-state index contributed by atoms with van der Waals surface area (Å²) in [6.07, 6.45) is 2.30. The minimum atomic E-state index is 0.711. The quantitative estimate of drug-likeness (QED) is 0.804. The van der Waals surface area contributed by atoms with Crippen LogP contribution < -0.4 is 4.90 Å². The molecule has 0 unspecified atom stereocenters. The lowest BCUT2D eigenvalue weighted by Gasteiger charge is -2.27. The Morgan fingerprint density at radius 1 is 1.41 bits per heavy atom.